The monoisotopic (exact) mass is 144 g/mol. The third-order valence-corrected chi connectivity index (χ3v) is 1.25. The van der Waals surface area contributed by atoms with E-state index in [9.17, 15) is 0 Å². The van der Waals surface area contributed by atoms with E-state index in [1.807, 2.05) is 36.4 Å². The van der Waals surface area contributed by atoms with E-state index in [-0.39, 0.29) is 5.70 Å². The van der Waals surface area contributed by atoms with Crippen molar-refractivity contribution in [3.8, 4) is 6.07 Å². The molecule has 1 aromatic carbocycles. The number of benzene rings is 1. The number of hydrogen-bond donors (Lipinski definition) is 1. The van der Waals surface area contributed by atoms with Crippen molar-refractivity contribution in [1.82, 2.24) is 0 Å². The average Bonchev–Trinajstić information content (AvgIpc) is 2.06. The molecule has 1 aromatic rings. The summed E-state index contributed by atoms with van der Waals surface area (Å²) < 4.78 is 0. The van der Waals surface area contributed by atoms with E-state index < -0.39 is 0 Å². The van der Waals surface area contributed by atoms with E-state index >= 15 is 0 Å². The van der Waals surface area contributed by atoms with Gasteiger partial charge in [0.25, 0.3) is 0 Å². The summed E-state index contributed by atoms with van der Waals surface area (Å²) in [5.74, 6) is 0. The van der Waals surface area contributed by atoms with Crippen LogP contribution in [0.3, 0.4) is 0 Å². The highest BCUT2D eigenvalue weighted by atomic mass is 14.6. The Morgan fingerprint density at radius 3 is 2.55 bits per heavy atom. The van der Waals surface area contributed by atoms with Crippen LogP contribution < -0.4 is 5.73 Å². The van der Waals surface area contributed by atoms with E-state index in [4.69, 9.17) is 11.0 Å². The fourth-order valence-corrected chi connectivity index (χ4v) is 0.761. The molecule has 2 nitrogen and oxygen atoms in total. The van der Waals surface area contributed by atoms with Gasteiger partial charge in [0.05, 0.1) is 0 Å². The van der Waals surface area contributed by atoms with Crippen LogP contribution in [0.25, 0.3) is 6.08 Å². The summed E-state index contributed by atoms with van der Waals surface area (Å²) in [5, 5.41) is 8.35. The maximum atomic E-state index is 8.35. The Bertz CT molecular complexity index is 293. The fraction of sp³-hybridized carbons (Fsp3) is 0. The molecule has 54 valence electrons. The van der Waals surface area contributed by atoms with Gasteiger partial charge in [0.1, 0.15) is 11.8 Å². The molecule has 0 heterocycles. The molecule has 11 heavy (non-hydrogen) atoms. The van der Waals surface area contributed by atoms with Crippen molar-refractivity contribution in [2.45, 2.75) is 0 Å². The molecular weight excluding hydrogens is 136 g/mol. The molecule has 2 heteroatoms. The van der Waals surface area contributed by atoms with Crippen LogP contribution in [0.2, 0.25) is 0 Å². The molecular formula is C9H8N2. The Labute approximate surface area is 65.6 Å². The molecule has 0 fully saturated rings. The third kappa shape index (κ3) is 2.15. The van der Waals surface area contributed by atoms with Crippen molar-refractivity contribution in [1.29, 1.82) is 5.26 Å². The lowest BCUT2D eigenvalue weighted by molar-refractivity contribution is 1.41. The lowest BCUT2D eigenvalue weighted by atomic mass is 10.2. The van der Waals surface area contributed by atoms with Crippen molar-refractivity contribution in [3.63, 3.8) is 0 Å². The molecule has 0 atom stereocenters. The summed E-state index contributed by atoms with van der Waals surface area (Å²) in [6.07, 6.45) is 1.64. The zero-order chi connectivity index (χ0) is 8.10. The van der Waals surface area contributed by atoms with Crippen molar-refractivity contribution >= 4 is 6.08 Å². The Morgan fingerprint density at radius 1 is 1.36 bits per heavy atom. The Kier molecular flexibility index (Phi) is 2.29. The van der Waals surface area contributed by atoms with Crippen molar-refractivity contribution in [2.75, 3.05) is 0 Å². The highest BCUT2D eigenvalue weighted by Crippen LogP contribution is 2.01. The smallest absolute Gasteiger partial charge is 0.117 e. The number of nitrogens with two attached hydrogens (primary N) is 1. The lowest BCUT2D eigenvalue weighted by Gasteiger charge is -1.90. The minimum absolute atomic E-state index is 0.233. The van der Waals surface area contributed by atoms with Gasteiger partial charge in [-0.1, -0.05) is 30.3 Å². The van der Waals surface area contributed by atoms with Gasteiger partial charge in [0.15, 0.2) is 0 Å². The highest BCUT2D eigenvalue weighted by Gasteiger charge is 1.86. The predicted molar refractivity (Wildman–Crippen MR) is 44.2 cm³/mol. The maximum absolute atomic E-state index is 8.35. The summed E-state index contributed by atoms with van der Waals surface area (Å²) in [5.41, 5.74) is 6.49. The van der Waals surface area contributed by atoms with Crippen molar-refractivity contribution < 1.29 is 0 Å². The van der Waals surface area contributed by atoms with Crippen LogP contribution in [0.4, 0.5) is 0 Å². The molecule has 0 aliphatic rings. The zero-order valence-electron chi connectivity index (χ0n) is 5.99. The second-order valence-electron chi connectivity index (χ2n) is 2.12. The quantitative estimate of drug-likeness (QED) is 0.607. The van der Waals surface area contributed by atoms with E-state index in [1.54, 1.807) is 6.08 Å². The Morgan fingerprint density at radius 2 is 2.00 bits per heavy atom. The number of nitriles is 1. The van der Waals surface area contributed by atoms with E-state index in [0.29, 0.717) is 0 Å². The first-order valence-electron chi connectivity index (χ1n) is 3.25. The molecule has 0 bridgehead atoms. The Balaban J connectivity index is 2.90. The summed E-state index contributed by atoms with van der Waals surface area (Å²) in [6, 6.07) is 11.4. The van der Waals surface area contributed by atoms with Gasteiger partial charge in [-0.05, 0) is 11.6 Å². The molecule has 0 aromatic heterocycles. The summed E-state index contributed by atoms with van der Waals surface area (Å²) in [4.78, 5) is 0. The van der Waals surface area contributed by atoms with Gasteiger partial charge in [-0.15, -0.1) is 0 Å². The van der Waals surface area contributed by atoms with Gasteiger partial charge < -0.3 is 5.73 Å². The van der Waals surface area contributed by atoms with Gasteiger partial charge >= 0.3 is 0 Å². The van der Waals surface area contributed by atoms with Crippen LogP contribution in [0, 0.1) is 11.3 Å². The third-order valence-electron chi connectivity index (χ3n) is 1.25. The van der Waals surface area contributed by atoms with Gasteiger partial charge in [0.2, 0.25) is 0 Å². The summed E-state index contributed by atoms with van der Waals surface area (Å²) in [7, 11) is 0. The van der Waals surface area contributed by atoms with Crippen LogP contribution in [0.1, 0.15) is 5.56 Å². The molecule has 0 aliphatic carbocycles. The van der Waals surface area contributed by atoms with E-state index in [2.05, 4.69) is 0 Å². The van der Waals surface area contributed by atoms with Crippen LogP contribution in [-0.2, 0) is 0 Å². The number of hydrogen-bond acceptors (Lipinski definition) is 2. The Hall–Kier alpha value is -1.75. The predicted octanol–water partition coefficient (Wildman–Crippen LogP) is 1.51. The number of nitrogens with zero attached hydrogens (tertiary/aromatic N) is 1. The second-order valence-corrected chi connectivity index (χ2v) is 2.12. The van der Waals surface area contributed by atoms with Gasteiger partial charge in [-0.2, -0.15) is 5.26 Å². The second kappa shape index (κ2) is 3.43. The molecule has 0 saturated carbocycles. The lowest BCUT2D eigenvalue weighted by Crippen LogP contribution is -1.91. The van der Waals surface area contributed by atoms with E-state index in [0.717, 1.165) is 5.56 Å². The van der Waals surface area contributed by atoms with Crippen LogP contribution in [0.5, 0.6) is 0 Å². The molecule has 0 aliphatic heterocycles. The van der Waals surface area contributed by atoms with Gasteiger partial charge in [-0.3, -0.25) is 0 Å². The molecule has 0 radical (unpaired) electrons. The number of rotatable bonds is 1. The van der Waals surface area contributed by atoms with Crippen LogP contribution in [-0.4, -0.2) is 0 Å². The first-order chi connectivity index (χ1) is 5.33. The minimum Gasteiger partial charge on any atom is -0.390 e. The zero-order valence-corrected chi connectivity index (χ0v) is 5.99. The first kappa shape index (κ1) is 7.36. The average molecular weight is 144 g/mol. The molecule has 0 unspecified atom stereocenters. The number of allylic oxidation sites excluding steroid dienone is 1. The van der Waals surface area contributed by atoms with Gasteiger partial charge in [0, 0.05) is 0 Å². The van der Waals surface area contributed by atoms with Gasteiger partial charge in [-0.25, -0.2) is 0 Å². The standard InChI is InChI=1S/C9H8N2/c10-7-9(11)6-8-4-2-1-3-5-8/h1-6H,11H2. The molecule has 1 rings (SSSR count). The van der Waals surface area contributed by atoms with Crippen molar-refractivity contribution in [3.05, 3.63) is 41.6 Å². The SMILES string of the molecule is N#CC(N)=Cc1ccccc1. The molecule has 2 N–H and O–H groups in total. The summed E-state index contributed by atoms with van der Waals surface area (Å²) in [6.45, 7) is 0. The minimum atomic E-state index is 0.233. The first-order valence-corrected chi connectivity index (χ1v) is 3.25. The van der Waals surface area contributed by atoms with E-state index in [1.165, 1.54) is 0 Å². The molecule has 0 spiro atoms. The van der Waals surface area contributed by atoms with Crippen LogP contribution >= 0.6 is 0 Å². The fourth-order valence-electron chi connectivity index (χ4n) is 0.761. The largest absolute Gasteiger partial charge is 0.390 e. The molecule has 0 amide bonds. The maximum Gasteiger partial charge on any atom is 0.117 e. The molecule has 0 saturated heterocycles. The normalized spacial score (nSPS) is 10.6. The highest BCUT2D eigenvalue weighted by molar-refractivity contribution is 5.55. The topological polar surface area (TPSA) is 49.8 Å². The van der Waals surface area contributed by atoms with Crippen molar-refractivity contribution in [2.24, 2.45) is 5.73 Å². The van der Waals surface area contributed by atoms with Crippen LogP contribution in [0.15, 0.2) is 36.0 Å². The summed E-state index contributed by atoms with van der Waals surface area (Å²) >= 11 is 0.